The van der Waals surface area contributed by atoms with E-state index in [-0.39, 0.29) is 0 Å². The van der Waals surface area contributed by atoms with E-state index in [4.69, 9.17) is 11.6 Å². The van der Waals surface area contributed by atoms with E-state index in [1.165, 1.54) is 32.1 Å². The summed E-state index contributed by atoms with van der Waals surface area (Å²) in [5, 5.41) is 12.1. The molecule has 1 nitrogen and oxygen atoms in total. The van der Waals surface area contributed by atoms with E-state index in [1.54, 1.807) is 0 Å². The van der Waals surface area contributed by atoms with E-state index in [1.807, 2.05) is 24.3 Å². The van der Waals surface area contributed by atoms with Crippen LogP contribution < -0.4 is 0 Å². The molecule has 0 radical (unpaired) electrons. The highest BCUT2D eigenvalue weighted by Gasteiger charge is 2.57. The molecule has 0 atom stereocenters. The Morgan fingerprint density at radius 3 is 1.89 bits per heavy atom. The number of hydrogen-bond acceptors (Lipinski definition) is 1. The zero-order chi connectivity index (χ0) is 12.3. The van der Waals surface area contributed by atoms with Crippen molar-refractivity contribution in [2.45, 2.75) is 37.7 Å². The number of benzene rings is 1. The average molecular weight is 263 g/mol. The Labute approximate surface area is 113 Å². The van der Waals surface area contributed by atoms with Crippen molar-refractivity contribution in [2.75, 3.05) is 0 Å². The van der Waals surface area contributed by atoms with Crippen molar-refractivity contribution in [1.82, 2.24) is 0 Å². The molecule has 1 aromatic rings. The van der Waals surface area contributed by atoms with Gasteiger partial charge in [-0.1, -0.05) is 23.7 Å². The van der Waals surface area contributed by atoms with Crippen LogP contribution in [0.1, 0.15) is 37.7 Å². The van der Waals surface area contributed by atoms with Crippen LogP contribution >= 0.6 is 11.6 Å². The number of aliphatic hydroxyl groups is 1. The van der Waals surface area contributed by atoms with Gasteiger partial charge < -0.3 is 5.11 Å². The van der Waals surface area contributed by atoms with Crippen LogP contribution in [0.2, 0.25) is 5.02 Å². The van der Waals surface area contributed by atoms with E-state index in [2.05, 4.69) is 0 Å². The fourth-order valence-electron chi connectivity index (χ4n) is 5.09. The third-order valence-corrected chi connectivity index (χ3v) is 5.94. The van der Waals surface area contributed by atoms with Gasteiger partial charge in [0.05, 0.1) is 5.60 Å². The van der Waals surface area contributed by atoms with Crippen LogP contribution in [-0.4, -0.2) is 5.11 Å². The van der Waals surface area contributed by atoms with Crippen LogP contribution in [0.3, 0.4) is 0 Å². The van der Waals surface area contributed by atoms with Crippen LogP contribution in [0, 0.1) is 23.7 Å². The molecule has 4 aliphatic carbocycles. The number of rotatable bonds is 1. The van der Waals surface area contributed by atoms with Gasteiger partial charge in [-0.3, -0.25) is 0 Å². The molecule has 0 saturated heterocycles. The third kappa shape index (κ3) is 1.44. The molecule has 1 N–H and O–H groups in total. The SMILES string of the molecule is OC1(c2ccc(Cl)cc2)C2CC3CC(C2)CC1C3. The van der Waals surface area contributed by atoms with E-state index in [9.17, 15) is 5.11 Å². The molecule has 4 bridgehead atoms. The van der Waals surface area contributed by atoms with Gasteiger partial charge >= 0.3 is 0 Å². The van der Waals surface area contributed by atoms with Gasteiger partial charge in [-0.05, 0) is 73.5 Å². The first-order chi connectivity index (χ1) is 8.66. The van der Waals surface area contributed by atoms with Crippen molar-refractivity contribution < 1.29 is 5.11 Å². The van der Waals surface area contributed by atoms with Gasteiger partial charge in [-0.15, -0.1) is 0 Å². The first-order valence-corrected chi connectivity index (χ1v) is 7.52. The van der Waals surface area contributed by atoms with Crippen LogP contribution in [0.25, 0.3) is 0 Å². The zero-order valence-electron chi connectivity index (χ0n) is 10.5. The Hall–Kier alpha value is -0.530. The third-order valence-electron chi connectivity index (χ3n) is 5.69. The molecule has 0 unspecified atom stereocenters. The Balaban J connectivity index is 1.76. The van der Waals surface area contributed by atoms with Gasteiger partial charge in [0, 0.05) is 5.02 Å². The lowest BCUT2D eigenvalue weighted by molar-refractivity contribution is -0.179. The molecule has 2 heteroatoms. The lowest BCUT2D eigenvalue weighted by Gasteiger charge is -2.59. The van der Waals surface area contributed by atoms with Crippen molar-refractivity contribution >= 4 is 11.6 Å². The normalized spacial score (nSPS) is 45.4. The molecular formula is C16H19ClO. The lowest BCUT2D eigenvalue weighted by Crippen LogP contribution is -2.55. The molecule has 4 fully saturated rings. The zero-order valence-corrected chi connectivity index (χ0v) is 11.2. The van der Waals surface area contributed by atoms with E-state index >= 15 is 0 Å². The Kier molecular flexibility index (Phi) is 2.35. The molecule has 1 aromatic carbocycles. The summed E-state index contributed by atoms with van der Waals surface area (Å²) in [5.41, 5.74) is 0.526. The summed E-state index contributed by atoms with van der Waals surface area (Å²) in [6, 6.07) is 7.90. The Morgan fingerprint density at radius 2 is 1.39 bits per heavy atom. The molecule has 5 rings (SSSR count). The highest BCUT2D eigenvalue weighted by atomic mass is 35.5. The van der Waals surface area contributed by atoms with Crippen LogP contribution in [0.4, 0.5) is 0 Å². The minimum absolute atomic E-state index is 0.481. The summed E-state index contributed by atoms with van der Waals surface area (Å²) < 4.78 is 0. The molecule has 4 aliphatic rings. The second-order valence-electron chi connectivity index (χ2n) is 6.64. The molecule has 0 spiro atoms. The minimum atomic E-state index is -0.571. The first-order valence-electron chi connectivity index (χ1n) is 7.14. The fraction of sp³-hybridized carbons (Fsp3) is 0.625. The minimum Gasteiger partial charge on any atom is -0.385 e. The average Bonchev–Trinajstić information content (AvgIpc) is 2.35. The molecule has 0 aromatic heterocycles. The molecule has 96 valence electrons. The molecule has 0 amide bonds. The van der Waals surface area contributed by atoms with E-state index < -0.39 is 5.60 Å². The van der Waals surface area contributed by atoms with Gasteiger partial charge in [0.2, 0.25) is 0 Å². The van der Waals surface area contributed by atoms with E-state index in [0.717, 1.165) is 22.4 Å². The summed E-state index contributed by atoms with van der Waals surface area (Å²) in [7, 11) is 0. The van der Waals surface area contributed by atoms with Gasteiger partial charge in [0.15, 0.2) is 0 Å². The van der Waals surface area contributed by atoms with Crippen molar-refractivity contribution in [1.29, 1.82) is 0 Å². The monoisotopic (exact) mass is 262 g/mol. The maximum absolute atomic E-state index is 11.3. The second kappa shape index (κ2) is 3.74. The molecule has 0 heterocycles. The predicted octanol–water partition coefficient (Wildman–Crippen LogP) is 3.98. The van der Waals surface area contributed by atoms with E-state index in [0.29, 0.717) is 11.8 Å². The fourth-order valence-corrected chi connectivity index (χ4v) is 5.22. The molecule has 4 saturated carbocycles. The lowest BCUT2D eigenvalue weighted by atomic mass is 9.48. The van der Waals surface area contributed by atoms with Gasteiger partial charge in [-0.2, -0.15) is 0 Å². The quantitative estimate of drug-likeness (QED) is 0.812. The van der Waals surface area contributed by atoms with Crippen LogP contribution in [0.15, 0.2) is 24.3 Å². The maximum atomic E-state index is 11.3. The van der Waals surface area contributed by atoms with Crippen molar-refractivity contribution in [3.8, 4) is 0 Å². The smallest absolute Gasteiger partial charge is 0.0952 e. The topological polar surface area (TPSA) is 20.2 Å². The maximum Gasteiger partial charge on any atom is 0.0952 e. The van der Waals surface area contributed by atoms with Crippen molar-refractivity contribution in [3.05, 3.63) is 34.9 Å². The number of hydrogen-bond donors (Lipinski definition) is 1. The first kappa shape index (κ1) is 11.3. The second-order valence-corrected chi connectivity index (χ2v) is 7.07. The summed E-state index contributed by atoms with van der Waals surface area (Å²) >= 11 is 5.97. The van der Waals surface area contributed by atoms with Gasteiger partial charge in [-0.25, -0.2) is 0 Å². The number of halogens is 1. The summed E-state index contributed by atoms with van der Waals surface area (Å²) in [6.45, 7) is 0. The summed E-state index contributed by atoms with van der Waals surface area (Å²) in [5.74, 6) is 2.74. The standard InChI is InChI=1S/C16H19ClO/c17-15-3-1-12(2-4-15)16(18)13-6-10-5-11(8-13)9-14(16)7-10/h1-4,10-11,13-14,18H,5-9H2. The molecule has 0 aliphatic heterocycles. The highest BCUT2D eigenvalue weighted by Crippen LogP contribution is 2.61. The largest absolute Gasteiger partial charge is 0.385 e. The van der Waals surface area contributed by atoms with Crippen LogP contribution in [-0.2, 0) is 5.60 Å². The summed E-state index contributed by atoms with van der Waals surface area (Å²) in [4.78, 5) is 0. The van der Waals surface area contributed by atoms with Crippen molar-refractivity contribution in [2.24, 2.45) is 23.7 Å². The van der Waals surface area contributed by atoms with Gasteiger partial charge in [0.25, 0.3) is 0 Å². The van der Waals surface area contributed by atoms with Gasteiger partial charge in [0.1, 0.15) is 0 Å². The Morgan fingerprint density at radius 1 is 0.889 bits per heavy atom. The Bertz CT molecular complexity index is 436. The van der Waals surface area contributed by atoms with Crippen molar-refractivity contribution in [3.63, 3.8) is 0 Å². The summed E-state index contributed by atoms with van der Waals surface area (Å²) in [6.07, 6.45) is 6.33. The van der Waals surface area contributed by atoms with Crippen LogP contribution in [0.5, 0.6) is 0 Å². The highest BCUT2D eigenvalue weighted by molar-refractivity contribution is 6.30. The predicted molar refractivity (Wildman–Crippen MR) is 72.4 cm³/mol. The molecular weight excluding hydrogens is 244 g/mol. The molecule has 18 heavy (non-hydrogen) atoms.